The van der Waals surface area contributed by atoms with Crippen LogP contribution < -0.4 is 10.5 Å². The molecule has 192 valence electrons. The van der Waals surface area contributed by atoms with Crippen LogP contribution in [0.1, 0.15) is 4.88 Å². The van der Waals surface area contributed by atoms with Crippen molar-refractivity contribution in [2.75, 3.05) is 33.5 Å². The highest BCUT2D eigenvalue weighted by Gasteiger charge is 2.32. The van der Waals surface area contributed by atoms with Gasteiger partial charge in [0.2, 0.25) is 0 Å². The Kier molecular flexibility index (Phi) is 8.59. The number of allylic oxidation sites excluding steroid dienone is 2. The largest absolute Gasteiger partial charge is 0.492 e. The van der Waals surface area contributed by atoms with E-state index in [9.17, 15) is 21.6 Å². The van der Waals surface area contributed by atoms with Crippen LogP contribution in [0.15, 0.2) is 82.3 Å². The summed E-state index contributed by atoms with van der Waals surface area (Å²) in [5, 5.41) is 0. The smallest absolute Gasteiger partial charge is 0.430 e. The molecule has 36 heavy (non-hydrogen) atoms. The van der Waals surface area contributed by atoms with E-state index in [0.717, 1.165) is 12.3 Å². The van der Waals surface area contributed by atoms with Gasteiger partial charge in [0.05, 0.1) is 21.2 Å². The molecule has 0 bridgehead atoms. The second-order valence-corrected chi connectivity index (χ2v) is 11.3. The predicted octanol–water partition coefficient (Wildman–Crippen LogP) is 5.28. The predicted molar refractivity (Wildman–Crippen MR) is 138 cm³/mol. The van der Waals surface area contributed by atoms with Crippen LogP contribution in [0.5, 0.6) is 5.75 Å². The average molecular weight is 538 g/mol. The van der Waals surface area contributed by atoms with Crippen LogP contribution in [-0.2, 0) is 9.84 Å². The summed E-state index contributed by atoms with van der Waals surface area (Å²) < 4.78 is 69.2. The standard InChI is InChI=1S/C25H26F3N3O3S2/c1-31(2)12-13-34-19-8-5-7-18(15-19)30-21(16-24(29)25(26,27)28)23-11-10-22(35-23)17-6-4-9-20(14-17)36(3,32)33/h4-11,14-16H,12-13,29H2,1-3H3. The maximum atomic E-state index is 13.2. The molecule has 0 unspecified atom stereocenters. The normalized spacial score (nSPS) is 13.3. The molecule has 3 rings (SSSR count). The number of aliphatic imine (C=N–C) groups is 1. The number of thiophene rings is 1. The van der Waals surface area contributed by atoms with Crippen LogP contribution in [0.4, 0.5) is 18.9 Å². The van der Waals surface area contributed by atoms with E-state index >= 15 is 0 Å². The fraction of sp³-hybridized carbons (Fsp3) is 0.240. The van der Waals surface area contributed by atoms with E-state index in [1.54, 1.807) is 48.5 Å². The molecule has 0 fully saturated rings. The summed E-state index contributed by atoms with van der Waals surface area (Å²) in [6, 6.07) is 16.4. The van der Waals surface area contributed by atoms with Crippen molar-refractivity contribution >= 4 is 32.6 Å². The topological polar surface area (TPSA) is 85.0 Å². The number of sulfone groups is 1. The highest BCUT2D eigenvalue weighted by molar-refractivity contribution is 7.90. The molecule has 0 spiro atoms. The van der Waals surface area contributed by atoms with Gasteiger partial charge in [0.1, 0.15) is 18.1 Å². The maximum absolute atomic E-state index is 13.2. The fourth-order valence-corrected chi connectivity index (χ4v) is 4.66. The Bertz CT molecular complexity index is 1380. The van der Waals surface area contributed by atoms with Crippen molar-refractivity contribution in [2.24, 2.45) is 10.7 Å². The van der Waals surface area contributed by atoms with Crippen LogP contribution in [0.3, 0.4) is 0 Å². The Morgan fingerprint density at radius 2 is 1.83 bits per heavy atom. The van der Waals surface area contributed by atoms with E-state index in [2.05, 4.69) is 4.99 Å². The first kappa shape index (κ1) is 27.4. The number of likely N-dealkylation sites (N-methyl/N-ethyl adjacent to an activating group) is 1. The van der Waals surface area contributed by atoms with Crippen LogP contribution in [0, 0.1) is 0 Å². The van der Waals surface area contributed by atoms with Gasteiger partial charge in [-0.25, -0.2) is 13.4 Å². The molecule has 0 amide bonds. The summed E-state index contributed by atoms with van der Waals surface area (Å²) in [5.41, 5.74) is 5.07. The SMILES string of the molecule is CN(C)CCOc1cccc(N=C(C=C(N)C(F)(F)F)c2ccc(-c3cccc(S(C)(=O)=O)c3)s2)c1. The van der Waals surface area contributed by atoms with E-state index in [0.29, 0.717) is 39.9 Å². The maximum Gasteiger partial charge on any atom is 0.430 e. The number of ether oxygens (including phenoxy) is 1. The number of hydrogen-bond acceptors (Lipinski definition) is 7. The summed E-state index contributed by atoms with van der Waals surface area (Å²) in [6.45, 7) is 1.14. The van der Waals surface area contributed by atoms with Crippen molar-refractivity contribution in [3.8, 4) is 16.2 Å². The molecule has 0 aliphatic carbocycles. The molecular formula is C25H26F3N3O3S2. The van der Waals surface area contributed by atoms with Gasteiger partial charge < -0.3 is 15.4 Å². The van der Waals surface area contributed by atoms with Crippen molar-refractivity contribution in [3.63, 3.8) is 0 Å². The van der Waals surface area contributed by atoms with E-state index in [-0.39, 0.29) is 10.6 Å². The van der Waals surface area contributed by atoms with Crippen molar-refractivity contribution in [3.05, 3.63) is 77.3 Å². The Morgan fingerprint density at radius 1 is 1.11 bits per heavy atom. The number of nitrogens with zero attached hydrogens (tertiary/aromatic N) is 2. The molecule has 3 aromatic rings. The zero-order chi connectivity index (χ0) is 26.5. The summed E-state index contributed by atoms with van der Waals surface area (Å²) in [4.78, 5) is 7.65. The third kappa shape index (κ3) is 7.67. The van der Waals surface area contributed by atoms with Gasteiger partial charge in [-0.05, 0) is 62.1 Å². The van der Waals surface area contributed by atoms with Crippen molar-refractivity contribution in [2.45, 2.75) is 11.1 Å². The third-order valence-corrected chi connectivity index (χ3v) is 7.17. The van der Waals surface area contributed by atoms with Gasteiger partial charge in [-0.1, -0.05) is 18.2 Å². The number of nitrogens with two attached hydrogens (primary N) is 1. The number of benzene rings is 2. The molecule has 1 heterocycles. The minimum Gasteiger partial charge on any atom is -0.492 e. The molecule has 0 aliphatic rings. The number of halogens is 3. The van der Waals surface area contributed by atoms with Crippen LogP contribution in [0.25, 0.3) is 10.4 Å². The van der Waals surface area contributed by atoms with Crippen LogP contribution >= 0.6 is 11.3 Å². The Balaban J connectivity index is 2.01. The number of hydrogen-bond donors (Lipinski definition) is 1. The van der Waals surface area contributed by atoms with Crippen LogP contribution in [-0.4, -0.2) is 58.7 Å². The van der Waals surface area contributed by atoms with Gasteiger partial charge in [-0.3, -0.25) is 0 Å². The highest BCUT2D eigenvalue weighted by atomic mass is 32.2. The Labute approximate surface area is 212 Å². The van der Waals surface area contributed by atoms with Crippen molar-refractivity contribution < 1.29 is 26.3 Å². The van der Waals surface area contributed by atoms with E-state index < -0.39 is 21.7 Å². The lowest BCUT2D eigenvalue weighted by Gasteiger charge is -2.11. The second kappa shape index (κ2) is 11.3. The quantitative estimate of drug-likeness (QED) is 0.375. The van der Waals surface area contributed by atoms with Gasteiger partial charge in [0, 0.05) is 23.7 Å². The summed E-state index contributed by atoms with van der Waals surface area (Å²) in [7, 11) is 0.418. The second-order valence-electron chi connectivity index (χ2n) is 8.21. The molecule has 2 N–H and O–H groups in total. The molecule has 0 saturated carbocycles. The molecule has 2 aromatic carbocycles. The lowest BCUT2D eigenvalue weighted by Crippen LogP contribution is -2.20. The first-order valence-corrected chi connectivity index (χ1v) is 13.4. The fourth-order valence-electron chi connectivity index (χ4n) is 3.03. The van der Waals surface area contributed by atoms with Crippen molar-refractivity contribution in [1.29, 1.82) is 0 Å². The summed E-state index contributed by atoms with van der Waals surface area (Å²) >= 11 is 1.18. The zero-order valence-electron chi connectivity index (χ0n) is 19.9. The number of rotatable bonds is 9. The molecule has 11 heteroatoms. The summed E-state index contributed by atoms with van der Waals surface area (Å²) in [5.74, 6) is 0.537. The van der Waals surface area contributed by atoms with Crippen LogP contribution in [0.2, 0.25) is 0 Å². The van der Waals surface area contributed by atoms with E-state index in [1.807, 2.05) is 19.0 Å². The Morgan fingerprint density at radius 3 is 2.50 bits per heavy atom. The minimum absolute atomic E-state index is 0.0192. The molecule has 6 nitrogen and oxygen atoms in total. The summed E-state index contributed by atoms with van der Waals surface area (Å²) in [6.07, 6.45) is -2.82. The van der Waals surface area contributed by atoms with Gasteiger partial charge in [0.15, 0.2) is 9.84 Å². The highest BCUT2D eigenvalue weighted by Crippen LogP contribution is 2.32. The van der Waals surface area contributed by atoms with Gasteiger partial charge in [-0.2, -0.15) is 13.2 Å². The monoisotopic (exact) mass is 537 g/mol. The average Bonchev–Trinajstić information content (AvgIpc) is 3.28. The van der Waals surface area contributed by atoms with E-state index in [4.69, 9.17) is 10.5 Å². The first-order chi connectivity index (χ1) is 16.8. The zero-order valence-corrected chi connectivity index (χ0v) is 21.5. The molecule has 0 saturated heterocycles. The number of alkyl halides is 3. The molecule has 0 radical (unpaired) electrons. The van der Waals surface area contributed by atoms with Gasteiger partial charge >= 0.3 is 6.18 Å². The van der Waals surface area contributed by atoms with Crippen molar-refractivity contribution in [1.82, 2.24) is 4.90 Å². The van der Waals surface area contributed by atoms with E-state index in [1.165, 1.54) is 23.5 Å². The molecule has 1 aromatic heterocycles. The molecular weight excluding hydrogens is 511 g/mol. The lowest BCUT2D eigenvalue weighted by atomic mass is 10.2. The Hall–Kier alpha value is -3.15. The first-order valence-electron chi connectivity index (χ1n) is 10.7. The third-order valence-electron chi connectivity index (χ3n) is 4.90. The van der Waals surface area contributed by atoms with Gasteiger partial charge in [0.25, 0.3) is 0 Å². The molecule has 0 aliphatic heterocycles. The minimum atomic E-state index is -4.72. The van der Waals surface area contributed by atoms with Gasteiger partial charge in [-0.15, -0.1) is 11.3 Å². The molecule has 0 atom stereocenters. The lowest BCUT2D eigenvalue weighted by molar-refractivity contribution is -0.0925.